The number of thioether (sulfide) groups is 1. The second-order valence-corrected chi connectivity index (χ2v) is 11.8. The molecule has 1 aliphatic carbocycles. The molecule has 204 valence electrons. The zero-order valence-electron chi connectivity index (χ0n) is 22.0. The van der Waals surface area contributed by atoms with Crippen molar-refractivity contribution in [1.29, 1.82) is 0 Å². The highest BCUT2D eigenvalue weighted by Crippen LogP contribution is 2.48. The Morgan fingerprint density at radius 1 is 1.03 bits per heavy atom. The maximum Gasteiger partial charge on any atom is 0.326 e. The number of nitrogens with zero attached hydrogens (tertiary/aromatic N) is 1. The van der Waals surface area contributed by atoms with E-state index < -0.39 is 0 Å². The number of amides is 4. The van der Waals surface area contributed by atoms with E-state index in [0.717, 1.165) is 54.9 Å². The third kappa shape index (κ3) is 5.10. The van der Waals surface area contributed by atoms with E-state index in [1.165, 1.54) is 18.7 Å². The summed E-state index contributed by atoms with van der Waals surface area (Å²) in [6.07, 6.45) is 3.17. The van der Waals surface area contributed by atoms with Gasteiger partial charge >= 0.3 is 6.03 Å². The Kier molecular flexibility index (Phi) is 6.99. The number of hydrogen-bond acceptors (Lipinski definition) is 6. The van der Waals surface area contributed by atoms with Gasteiger partial charge in [-0.1, -0.05) is 30.0 Å². The second kappa shape index (κ2) is 10.6. The third-order valence-corrected chi connectivity index (χ3v) is 9.28. The van der Waals surface area contributed by atoms with Crippen LogP contribution in [-0.4, -0.2) is 47.9 Å². The van der Waals surface area contributed by atoms with Gasteiger partial charge in [0.1, 0.15) is 11.5 Å². The number of urea groups is 1. The van der Waals surface area contributed by atoms with E-state index in [0.29, 0.717) is 10.7 Å². The third-order valence-electron chi connectivity index (χ3n) is 7.93. The fraction of sp³-hybridized carbons (Fsp3) is 0.414. The molecule has 3 heterocycles. The molecule has 5 atom stereocenters. The van der Waals surface area contributed by atoms with Crippen LogP contribution >= 0.6 is 11.8 Å². The fourth-order valence-electron chi connectivity index (χ4n) is 6.27. The van der Waals surface area contributed by atoms with Crippen LogP contribution in [0.2, 0.25) is 0 Å². The minimum atomic E-state index is -0.217. The Bertz CT molecular complexity index is 1330. The molecule has 1 saturated carbocycles. The van der Waals surface area contributed by atoms with Crippen LogP contribution in [0.15, 0.2) is 59.1 Å². The summed E-state index contributed by atoms with van der Waals surface area (Å²) < 4.78 is 5.99. The van der Waals surface area contributed by atoms with Crippen LogP contribution in [0.25, 0.3) is 0 Å². The van der Waals surface area contributed by atoms with Crippen molar-refractivity contribution in [3.63, 3.8) is 0 Å². The molecule has 6 rings (SSSR count). The fourth-order valence-corrected chi connectivity index (χ4v) is 7.67. The van der Waals surface area contributed by atoms with Gasteiger partial charge in [0.2, 0.25) is 5.91 Å². The highest BCUT2D eigenvalue weighted by molar-refractivity contribution is 8.04. The summed E-state index contributed by atoms with van der Waals surface area (Å²) in [6.45, 7) is 4.27. The average Bonchev–Trinajstić information content (AvgIpc) is 3.50. The summed E-state index contributed by atoms with van der Waals surface area (Å²) >= 11 is 1.51. The van der Waals surface area contributed by atoms with Crippen LogP contribution in [0.1, 0.15) is 38.2 Å². The molecule has 4 aliphatic rings. The van der Waals surface area contributed by atoms with Crippen LogP contribution < -0.4 is 30.9 Å². The van der Waals surface area contributed by atoms with Gasteiger partial charge in [0.15, 0.2) is 0 Å². The molecule has 0 bridgehead atoms. The number of carbonyl (C=O) groups excluding carboxylic acids is 3. The second-order valence-electron chi connectivity index (χ2n) is 10.7. The average molecular weight is 548 g/mol. The number of ether oxygens (including phenoxy) is 1. The van der Waals surface area contributed by atoms with E-state index in [4.69, 9.17) is 4.74 Å². The molecule has 39 heavy (non-hydrogen) atoms. The number of benzene rings is 2. The summed E-state index contributed by atoms with van der Waals surface area (Å²) in [5.74, 6) is 1.26. The topological polar surface area (TPSA) is 112 Å². The van der Waals surface area contributed by atoms with Crippen LogP contribution in [0.3, 0.4) is 0 Å². The molecule has 0 spiro atoms. The molecule has 3 fully saturated rings. The van der Waals surface area contributed by atoms with E-state index in [2.05, 4.69) is 21.3 Å². The van der Waals surface area contributed by atoms with Crippen molar-refractivity contribution < 1.29 is 19.1 Å². The number of anilines is 1. The quantitative estimate of drug-likeness (QED) is 0.438. The van der Waals surface area contributed by atoms with Crippen LogP contribution in [0, 0.1) is 12.8 Å². The van der Waals surface area contributed by atoms with Gasteiger partial charge in [-0.05, 0) is 75.0 Å². The van der Waals surface area contributed by atoms with Gasteiger partial charge < -0.3 is 26.0 Å². The van der Waals surface area contributed by atoms with Gasteiger partial charge in [0, 0.05) is 36.3 Å². The minimum absolute atomic E-state index is 0.00416. The number of hydrogen-bond donors (Lipinski definition) is 4. The number of rotatable bonds is 6. The van der Waals surface area contributed by atoms with E-state index in [1.54, 1.807) is 0 Å². The largest absolute Gasteiger partial charge is 0.457 e. The Balaban J connectivity index is 1.21. The molecule has 3 unspecified atom stereocenters. The van der Waals surface area contributed by atoms with Crippen LogP contribution in [-0.2, 0) is 9.59 Å². The SMILES string of the molecule is CC(=O)N[C@@H]1CC[C@@H](NC(=O)C2=C3NC(=O)N(c4ccc(Oc5ccccc5)cc4C)C4CCNC(S2)C34)C1. The molecule has 3 aliphatic heterocycles. The van der Waals surface area contributed by atoms with Crippen LogP contribution in [0.5, 0.6) is 11.5 Å². The number of nitrogens with one attached hydrogen (secondary N) is 4. The standard InChI is InChI=1S/C29H33N5O4S/c1-16-14-21(38-20-6-4-3-5-7-20)10-11-22(16)34-23-12-13-30-28-24(23)25(33-29(34)37)26(39-28)27(36)32-19-9-8-18(15-19)31-17(2)35/h3-7,10-11,14,18-19,23-24,28,30H,8-9,12-13,15H2,1-2H3,(H,31,35)(H,32,36)(H,33,37)/t18-,19-,23?,24?,28?/m1/s1. The van der Waals surface area contributed by atoms with E-state index in [9.17, 15) is 14.4 Å². The highest BCUT2D eigenvalue weighted by Gasteiger charge is 2.52. The first-order valence-electron chi connectivity index (χ1n) is 13.5. The Labute approximate surface area is 232 Å². The van der Waals surface area contributed by atoms with Gasteiger partial charge in [-0.15, -0.1) is 0 Å². The van der Waals surface area contributed by atoms with Gasteiger partial charge in [-0.25, -0.2) is 4.79 Å². The molecule has 4 amide bonds. The molecule has 10 heteroatoms. The van der Waals surface area contributed by atoms with E-state index >= 15 is 0 Å². The molecular formula is C29H33N5O4S. The van der Waals surface area contributed by atoms with Gasteiger partial charge in [0.05, 0.1) is 16.3 Å². The lowest BCUT2D eigenvalue weighted by molar-refractivity contribution is -0.119. The number of para-hydroxylation sites is 1. The predicted molar refractivity (Wildman–Crippen MR) is 150 cm³/mol. The van der Waals surface area contributed by atoms with Crippen molar-refractivity contribution in [3.8, 4) is 11.5 Å². The molecular weight excluding hydrogens is 514 g/mol. The molecule has 0 aromatic heterocycles. The zero-order chi connectivity index (χ0) is 27.1. The molecule has 2 saturated heterocycles. The molecule has 4 N–H and O–H groups in total. The maximum absolute atomic E-state index is 13.6. The summed E-state index contributed by atoms with van der Waals surface area (Å²) in [5, 5.41) is 12.8. The zero-order valence-corrected chi connectivity index (χ0v) is 22.8. The number of carbonyl (C=O) groups is 3. The van der Waals surface area contributed by atoms with Gasteiger partial charge in [0.25, 0.3) is 5.91 Å². The van der Waals surface area contributed by atoms with Crippen molar-refractivity contribution in [2.75, 3.05) is 11.4 Å². The van der Waals surface area contributed by atoms with Crippen molar-refractivity contribution in [2.24, 2.45) is 5.92 Å². The Morgan fingerprint density at radius 2 is 1.79 bits per heavy atom. The summed E-state index contributed by atoms with van der Waals surface area (Å²) in [6, 6.07) is 15.2. The molecule has 9 nitrogen and oxygen atoms in total. The maximum atomic E-state index is 13.6. The number of aryl methyl sites for hydroxylation is 1. The van der Waals surface area contributed by atoms with E-state index in [1.807, 2.05) is 60.4 Å². The van der Waals surface area contributed by atoms with Crippen molar-refractivity contribution in [1.82, 2.24) is 21.3 Å². The van der Waals surface area contributed by atoms with Crippen molar-refractivity contribution in [2.45, 2.75) is 63.0 Å². The van der Waals surface area contributed by atoms with Gasteiger partial charge in [-0.2, -0.15) is 0 Å². The lowest BCUT2D eigenvalue weighted by atomic mass is 9.86. The van der Waals surface area contributed by atoms with Crippen molar-refractivity contribution >= 4 is 35.3 Å². The molecule has 0 radical (unpaired) electrons. The van der Waals surface area contributed by atoms with Gasteiger partial charge in [-0.3, -0.25) is 14.5 Å². The van der Waals surface area contributed by atoms with Crippen LogP contribution in [0.4, 0.5) is 10.5 Å². The Morgan fingerprint density at radius 3 is 2.54 bits per heavy atom. The Hall–Kier alpha value is -3.50. The normalized spacial score (nSPS) is 27.6. The molecule has 2 aromatic carbocycles. The summed E-state index contributed by atoms with van der Waals surface area (Å²) in [4.78, 5) is 40.8. The summed E-state index contributed by atoms with van der Waals surface area (Å²) in [7, 11) is 0. The van der Waals surface area contributed by atoms with Crippen molar-refractivity contribution in [3.05, 3.63) is 64.7 Å². The predicted octanol–water partition coefficient (Wildman–Crippen LogP) is 3.75. The molecule has 2 aromatic rings. The first-order valence-corrected chi connectivity index (χ1v) is 14.4. The highest BCUT2D eigenvalue weighted by atomic mass is 32.2. The first kappa shape index (κ1) is 25.8. The smallest absolute Gasteiger partial charge is 0.326 e. The first-order chi connectivity index (χ1) is 18.9. The van der Waals surface area contributed by atoms with E-state index in [-0.39, 0.29) is 47.3 Å². The lowest BCUT2D eigenvalue weighted by Gasteiger charge is -2.46. The monoisotopic (exact) mass is 547 g/mol. The summed E-state index contributed by atoms with van der Waals surface area (Å²) in [5.41, 5.74) is 2.51. The lowest BCUT2D eigenvalue weighted by Crippen LogP contribution is -2.62. The number of piperidine rings is 1. The minimum Gasteiger partial charge on any atom is -0.457 e.